The van der Waals surface area contributed by atoms with Crippen LogP contribution in [-0.4, -0.2) is 26.6 Å². The third-order valence-corrected chi connectivity index (χ3v) is 5.14. The van der Waals surface area contributed by atoms with Crippen LogP contribution in [0.5, 0.6) is 0 Å². The van der Waals surface area contributed by atoms with Gasteiger partial charge in [-0.2, -0.15) is 4.98 Å². The quantitative estimate of drug-likeness (QED) is 0.674. The van der Waals surface area contributed by atoms with Crippen LogP contribution < -0.4 is 10.2 Å². The molecule has 2 aromatic carbocycles. The molecule has 2 aliphatic rings. The lowest BCUT2D eigenvalue weighted by atomic mass is 10.0. The van der Waals surface area contributed by atoms with Gasteiger partial charge in [-0.05, 0) is 29.8 Å². The summed E-state index contributed by atoms with van der Waals surface area (Å²) in [5.41, 5.74) is 2.46. The van der Waals surface area contributed by atoms with E-state index < -0.39 is 11.8 Å². The second-order valence-corrected chi connectivity index (χ2v) is 7.11. The summed E-state index contributed by atoms with van der Waals surface area (Å²) in [6.45, 7) is 4.01. The van der Waals surface area contributed by atoms with Gasteiger partial charge in [0.05, 0.1) is 17.2 Å². The molecule has 0 bridgehead atoms. The summed E-state index contributed by atoms with van der Waals surface area (Å²) in [6, 6.07) is 14.0. The van der Waals surface area contributed by atoms with E-state index >= 15 is 0 Å². The third-order valence-electron chi connectivity index (χ3n) is 4.89. The number of allylic oxidation sites excluding steroid dienone is 1. The Labute approximate surface area is 165 Å². The molecule has 3 aromatic rings. The Morgan fingerprint density at radius 2 is 1.68 bits per heavy atom. The monoisotopic (exact) mass is 391 g/mol. The van der Waals surface area contributed by atoms with Crippen molar-refractivity contribution >= 4 is 35.3 Å². The molecular weight excluding hydrogens is 378 g/mol. The molecule has 5 rings (SSSR count). The first-order valence-corrected chi connectivity index (χ1v) is 9.05. The lowest BCUT2D eigenvalue weighted by molar-refractivity contribution is 0.0923. The van der Waals surface area contributed by atoms with Gasteiger partial charge in [0, 0.05) is 17.1 Å². The Kier molecular flexibility index (Phi) is 3.60. The van der Waals surface area contributed by atoms with Crippen LogP contribution in [0, 0.1) is 0 Å². The van der Waals surface area contributed by atoms with E-state index in [2.05, 4.69) is 22.0 Å². The molecule has 2 amide bonds. The van der Waals surface area contributed by atoms with Gasteiger partial charge in [0.1, 0.15) is 0 Å². The van der Waals surface area contributed by atoms with Crippen molar-refractivity contribution in [1.29, 1.82) is 0 Å². The second kappa shape index (κ2) is 6.03. The fourth-order valence-corrected chi connectivity index (χ4v) is 3.68. The number of rotatable bonds is 2. The molecule has 1 N–H and O–H groups in total. The maximum absolute atomic E-state index is 12.7. The standard InChI is InChI=1S/C20H14ClN5O2/c1-11-10-16(12-6-8-13(21)9-7-12)26-19(22-11)23-20(24-26)25-17(27)14-4-2-3-5-15(14)18(25)28/h2-9,16H,1,10H2,(H,22,23,24)/t16-/m1/s1. The molecule has 0 unspecified atom stereocenters. The number of fused-ring (bicyclic) bond motifs is 2. The minimum atomic E-state index is -0.426. The molecule has 0 spiro atoms. The molecule has 8 heteroatoms. The van der Waals surface area contributed by atoms with E-state index in [0.717, 1.165) is 16.2 Å². The minimum absolute atomic E-state index is 0.0439. The highest BCUT2D eigenvalue weighted by molar-refractivity contribution is 6.33. The van der Waals surface area contributed by atoms with Gasteiger partial charge in [0.25, 0.3) is 17.8 Å². The van der Waals surface area contributed by atoms with Crippen molar-refractivity contribution in [1.82, 2.24) is 14.8 Å². The number of nitrogens with zero attached hydrogens (tertiary/aromatic N) is 4. The van der Waals surface area contributed by atoms with Crippen LogP contribution >= 0.6 is 11.6 Å². The number of carbonyl (C=O) groups excluding carboxylic acids is 2. The predicted octanol–water partition coefficient (Wildman–Crippen LogP) is 3.65. The van der Waals surface area contributed by atoms with Gasteiger partial charge in [-0.1, -0.05) is 42.4 Å². The Morgan fingerprint density at radius 1 is 1.04 bits per heavy atom. The Bertz CT molecular complexity index is 1120. The average molecular weight is 392 g/mol. The molecule has 138 valence electrons. The number of aromatic nitrogens is 3. The SMILES string of the molecule is C=C1C[C@H](c2ccc(Cl)cc2)n2nc(N3C(=O)c4ccccc4C3=O)nc2N1. The molecule has 28 heavy (non-hydrogen) atoms. The van der Waals surface area contributed by atoms with E-state index in [1.165, 1.54) is 0 Å². The largest absolute Gasteiger partial charge is 0.329 e. The maximum atomic E-state index is 12.7. The molecule has 0 fully saturated rings. The van der Waals surface area contributed by atoms with Crippen molar-refractivity contribution < 1.29 is 9.59 Å². The van der Waals surface area contributed by atoms with Crippen LogP contribution in [0.15, 0.2) is 60.8 Å². The van der Waals surface area contributed by atoms with Crippen LogP contribution in [0.2, 0.25) is 5.02 Å². The number of nitrogens with one attached hydrogen (secondary N) is 1. The number of carbonyl (C=O) groups is 2. The highest BCUT2D eigenvalue weighted by Crippen LogP contribution is 2.35. The van der Waals surface area contributed by atoms with Gasteiger partial charge < -0.3 is 5.32 Å². The highest BCUT2D eigenvalue weighted by Gasteiger charge is 2.40. The number of amides is 2. The van der Waals surface area contributed by atoms with Crippen LogP contribution in [0.1, 0.15) is 38.7 Å². The molecule has 0 radical (unpaired) electrons. The molecule has 3 heterocycles. The van der Waals surface area contributed by atoms with Crippen molar-refractivity contribution in [2.75, 3.05) is 10.2 Å². The van der Waals surface area contributed by atoms with Crippen molar-refractivity contribution in [2.45, 2.75) is 12.5 Å². The van der Waals surface area contributed by atoms with Crippen molar-refractivity contribution in [3.8, 4) is 0 Å². The third kappa shape index (κ3) is 2.44. The fourth-order valence-electron chi connectivity index (χ4n) is 3.55. The number of halogens is 1. The van der Waals surface area contributed by atoms with Gasteiger partial charge in [0.2, 0.25) is 5.95 Å². The Balaban J connectivity index is 1.58. The smallest absolute Gasteiger partial charge is 0.268 e. The first-order valence-electron chi connectivity index (χ1n) is 8.67. The van der Waals surface area contributed by atoms with Gasteiger partial charge in [-0.25, -0.2) is 9.58 Å². The minimum Gasteiger partial charge on any atom is -0.329 e. The average Bonchev–Trinajstić information content (AvgIpc) is 3.21. The second-order valence-electron chi connectivity index (χ2n) is 6.67. The first kappa shape index (κ1) is 16.7. The number of imide groups is 1. The summed E-state index contributed by atoms with van der Waals surface area (Å²) in [5.74, 6) is -0.374. The molecule has 7 nitrogen and oxygen atoms in total. The van der Waals surface area contributed by atoms with Crippen LogP contribution in [0.4, 0.5) is 11.9 Å². The lowest BCUT2D eigenvalue weighted by Crippen LogP contribution is -2.30. The van der Waals surface area contributed by atoms with Gasteiger partial charge in [-0.15, -0.1) is 5.10 Å². The molecule has 0 saturated carbocycles. The van der Waals surface area contributed by atoms with E-state index in [4.69, 9.17) is 11.6 Å². The zero-order chi connectivity index (χ0) is 19.4. The Morgan fingerprint density at radius 3 is 2.32 bits per heavy atom. The zero-order valence-electron chi connectivity index (χ0n) is 14.6. The summed E-state index contributed by atoms with van der Waals surface area (Å²) in [7, 11) is 0. The van der Waals surface area contributed by atoms with E-state index in [1.54, 1.807) is 28.9 Å². The fraction of sp³-hybridized carbons (Fsp3) is 0.100. The zero-order valence-corrected chi connectivity index (χ0v) is 15.3. The summed E-state index contributed by atoms with van der Waals surface area (Å²) in [6.07, 6.45) is 0.597. The number of benzene rings is 2. The predicted molar refractivity (Wildman–Crippen MR) is 105 cm³/mol. The lowest BCUT2D eigenvalue weighted by Gasteiger charge is -2.26. The summed E-state index contributed by atoms with van der Waals surface area (Å²) >= 11 is 6.00. The highest BCUT2D eigenvalue weighted by atomic mass is 35.5. The molecule has 1 atom stereocenters. The van der Waals surface area contributed by atoms with Gasteiger partial charge in [-0.3, -0.25) is 9.59 Å². The molecule has 0 aliphatic carbocycles. The van der Waals surface area contributed by atoms with E-state index in [1.807, 2.05) is 24.3 Å². The Hall–Kier alpha value is -3.45. The summed E-state index contributed by atoms with van der Waals surface area (Å²) in [4.78, 5) is 30.9. The van der Waals surface area contributed by atoms with Crippen LogP contribution in [0.3, 0.4) is 0 Å². The number of hydrogen-bond acceptors (Lipinski definition) is 5. The van der Waals surface area contributed by atoms with E-state index in [-0.39, 0.29) is 12.0 Å². The van der Waals surface area contributed by atoms with Crippen LogP contribution in [-0.2, 0) is 0 Å². The maximum Gasteiger partial charge on any atom is 0.268 e. The normalized spacial score (nSPS) is 18.1. The van der Waals surface area contributed by atoms with E-state index in [9.17, 15) is 9.59 Å². The van der Waals surface area contributed by atoms with Gasteiger partial charge in [0.15, 0.2) is 0 Å². The van der Waals surface area contributed by atoms with Gasteiger partial charge >= 0.3 is 0 Å². The van der Waals surface area contributed by atoms with E-state index in [0.29, 0.717) is 28.5 Å². The molecular formula is C20H14ClN5O2. The summed E-state index contributed by atoms with van der Waals surface area (Å²) in [5, 5.41) is 8.21. The summed E-state index contributed by atoms with van der Waals surface area (Å²) < 4.78 is 1.68. The number of anilines is 2. The molecule has 2 aliphatic heterocycles. The first-order chi connectivity index (χ1) is 13.5. The number of hydrogen-bond donors (Lipinski definition) is 1. The molecule has 0 saturated heterocycles. The van der Waals surface area contributed by atoms with Crippen LogP contribution in [0.25, 0.3) is 0 Å². The topological polar surface area (TPSA) is 80.1 Å². The van der Waals surface area contributed by atoms with Crippen molar-refractivity contribution in [3.05, 3.63) is 82.5 Å². The van der Waals surface area contributed by atoms with Crippen molar-refractivity contribution in [2.24, 2.45) is 0 Å². The van der Waals surface area contributed by atoms with Crippen molar-refractivity contribution in [3.63, 3.8) is 0 Å². The molecule has 1 aromatic heterocycles.